The fraction of sp³-hybridized carbons (Fsp3) is 0.700. The van der Waals surface area contributed by atoms with Gasteiger partial charge in [-0.2, -0.15) is 5.10 Å². The van der Waals surface area contributed by atoms with Crippen LogP contribution in [0.25, 0.3) is 0 Å². The lowest BCUT2D eigenvalue weighted by atomic mass is 10.1. The summed E-state index contributed by atoms with van der Waals surface area (Å²) in [4.78, 5) is 0. The summed E-state index contributed by atoms with van der Waals surface area (Å²) < 4.78 is 1.79. The molecule has 74 valence electrons. The van der Waals surface area contributed by atoms with Crippen LogP contribution in [0.1, 0.15) is 32.2 Å². The molecule has 0 spiro atoms. The summed E-state index contributed by atoms with van der Waals surface area (Å²) in [5.41, 5.74) is 1.75. The molecule has 0 unspecified atom stereocenters. The summed E-state index contributed by atoms with van der Waals surface area (Å²) in [6.45, 7) is 6.28. The zero-order valence-corrected chi connectivity index (χ0v) is 8.83. The Morgan fingerprint density at radius 2 is 2.08 bits per heavy atom. The van der Waals surface area contributed by atoms with Crippen LogP contribution in [0.3, 0.4) is 0 Å². The average molecular weight is 182 g/mol. The molecule has 0 saturated carbocycles. The molecule has 0 aliphatic heterocycles. The molecule has 0 bridgehead atoms. The van der Waals surface area contributed by atoms with E-state index in [0.29, 0.717) is 11.7 Å². The maximum absolute atomic E-state index is 9.78. The normalized spacial score (nSPS) is 11.2. The van der Waals surface area contributed by atoms with Gasteiger partial charge in [0.05, 0.1) is 5.69 Å². The molecule has 0 radical (unpaired) electrons. The van der Waals surface area contributed by atoms with Crippen molar-refractivity contribution in [1.82, 2.24) is 9.78 Å². The van der Waals surface area contributed by atoms with Crippen LogP contribution < -0.4 is 0 Å². The predicted molar refractivity (Wildman–Crippen MR) is 52.8 cm³/mol. The SMILES string of the molecule is CCc1nn(C)c(CC(C)C)c1O. The van der Waals surface area contributed by atoms with Gasteiger partial charge < -0.3 is 5.11 Å². The van der Waals surface area contributed by atoms with Gasteiger partial charge >= 0.3 is 0 Å². The molecule has 0 amide bonds. The molecule has 0 saturated heterocycles. The van der Waals surface area contributed by atoms with E-state index in [2.05, 4.69) is 18.9 Å². The van der Waals surface area contributed by atoms with E-state index in [1.165, 1.54) is 0 Å². The van der Waals surface area contributed by atoms with E-state index < -0.39 is 0 Å². The minimum Gasteiger partial charge on any atom is -0.504 e. The minimum absolute atomic E-state index is 0.388. The fourth-order valence-electron chi connectivity index (χ4n) is 1.46. The largest absolute Gasteiger partial charge is 0.504 e. The zero-order chi connectivity index (χ0) is 10.0. The Hall–Kier alpha value is -0.990. The Morgan fingerprint density at radius 3 is 2.46 bits per heavy atom. The Bertz CT molecular complexity index is 289. The lowest BCUT2D eigenvalue weighted by Crippen LogP contribution is -2.02. The first-order chi connectivity index (χ1) is 6.06. The summed E-state index contributed by atoms with van der Waals surface area (Å²) in [5.74, 6) is 0.935. The van der Waals surface area contributed by atoms with Gasteiger partial charge in [0, 0.05) is 7.05 Å². The van der Waals surface area contributed by atoms with Gasteiger partial charge in [0.25, 0.3) is 0 Å². The van der Waals surface area contributed by atoms with Crippen molar-refractivity contribution in [3.05, 3.63) is 11.4 Å². The van der Waals surface area contributed by atoms with Crippen LogP contribution in [0.15, 0.2) is 0 Å². The number of hydrogen-bond donors (Lipinski definition) is 1. The van der Waals surface area contributed by atoms with E-state index in [1.807, 2.05) is 14.0 Å². The molecule has 1 aromatic heterocycles. The molecule has 1 aromatic rings. The van der Waals surface area contributed by atoms with Gasteiger partial charge in [0.2, 0.25) is 0 Å². The average Bonchev–Trinajstić information content (AvgIpc) is 2.31. The first-order valence-electron chi connectivity index (χ1n) is 4.80. The molecule has 13 heavy (non-hydrogen) atoms. The second kappa shape index (κ2) is 3.81. The van der Waals surface area contributed by atoms with Gasteiger partial charge in [-0.3, -0.25) is 4.68 Å². The van der Waals surface area contributed by atoms with Crippen LogP contribution in [0.2, 0.25) is 0 Å². The molecule has 0 aliphatic carbocycles. The van der Waals surface area contributed by atoms with Crippen LogP contribution >= 0.6 is 0 Å². The minimum atomic E-state index is 0.388. The number of rotatable bonds is 3. The van der Waals surface area contributed by atoms with Crippen molar-refractivity contribution >= 4 is 0 Å². The Kier molecular flexibility index (Phi) is 2.96. The lowest BCUT2D eigenvalue weighted by molar-refractivity contribution is 0.453. The smallest absolute Gasteiger partial charge is 0.160 e. The first-order valence-corrected chi connectivity index (χ1v) is 4.80. The molecule has 1 N–H and O–H groups in total. The highest BCUT2D eigenvalue weighted by atomic mass is 16.3. The summed E-state index contributed by atoms with van der Waals surface area (Å²) >= 11 is 0. The molecule has 1 heterocycles. The van der Waals surface area contributed by atoms with E-state index in [0.717, 1.165) is 24.2 Å². The van der Waals surface area contributed by atoms with Crippen LogP contribution in [0.5, 0.6) is 5.75 Å². The van der Waals surface area contributed by atoms with E-state index in [9.17, 15) is 5.11 Å². The van der Waals surface area contributed by atoms with Crippen molar-refractivity contribution in [1.29, 1.82) is 0 Å². The van der Waals surface area contributed by atoms with Gasteiger partial charge in [-0.25, -0.2) is 0 Å². The predicted octanol–water partition coefficient (Wildman–Crippen LogP) is 1.89. The third-order valence-electron chi connectivity index (χ3n) is 2.14. The Labute approximate surface area is 79.4 Å². The van der Waals surface area contributed by atoms with Crippen LogP contribution in [-0.2, 0) is 19.9 Å². The van der Waals surface area contributed by atoms with Crippen molar-refractivity contribution in [2.75, 3.05) is 0 Å². The van der Waals surface area contributed by atoms with Crippen molar-refractivity contribution in [2.24, 2.45) is 13.0 Å². The monoisotopic (exact) mass is 182 g/mol. The number of aromatic nitrogens is 2. The van der Waals surface area contributed by atoms with Crippen molar-refractivity contribution < 1.29 is 5.11 Å². The van der Waals surface area contributed by atoms with Crippen molar-refractivity contribution in [3.63, 3.8) is 0 Å². The molecule has 0 atom stereocenters. The second-order valence-corrected chi connectivity index (χ2v) is 3.82. The fourth-order valence-corrected chi connectivity index (χ4v) is 1.46. The maximum atomic E-state index is 9.78. The van der Waals surface area contributed by atoms with E-state index >= 15 is 0 Å². The molecule has 0 fully saturated rings. The molecular formula is C10H18N2O. The van der Waals surface area contributed by atoms with Crippen LogP contribution in [-0.4, -0.2) is 14.9 Å². The molecule has 0 aliphatic rings. The van der Waals surface area contributed by atoms with Gasteiger partial charge in [-0.15, -0.1) is 0 Å². The van der Waals surface area contributed by atoms with E-state index in [4.69, 9.17) is 0 Å². The first kappa shape index (κ1) is 10.1. The van der Waals surface area contributed by atoms with E-state index in [-0.39, 0.29) is 0 Å². The molecule has 0 aromatic carbocycles. The highest BCUT2D eigenvalue weighted by Gasteiger charge is 2.14. The van der Waals surface area contributed by atoms with Gasteiger partial charge in [-0.1, -0.05) is 20.8 Å². The van der Waals surface area contributed by atoms with Gasteiger partial charge in [0.15, 0.2) is 5.75 Å². The third-order valence-corrected chi connectivity index (χ3v) is 2.14. The molecule has 1 rings (SSSR count). The third kappa shape index (κ3) is 2.02. The highest BCUT2D eigenvalue weighted by Crippen LogP contribution is 2.24. The molecule has 3 heteroatoms. The number of hydrogen-bond acceptors (Lipinski definition) is 2. The van der Waals surface area contributed by atoms with Crippen LogP contribution in [0, 0.1) is 5.92 Å². The topological polar surface area (TPSA) is 38.0 Å². The van der Waals surface area contributed by atoms with Crippen LogP contribution in [0.4, 0.5) is 0 Å². The number of aromatic hydroxyl groups is 1. The number of aryl methyl sites for hydroxylation is 2. The van der Waals surface area contributed by atoms with Gasteiger partial charge in [-0.05, 0) is 18.8 Å². The summed E-state index contributed by atoms with van der Waals surface area (Å²) in [7, 11) is 1.89. The Balaban J connectivity index is 2.98. The number of nitrogens with zero attached hydrogens (tertiary/aromatic N) is 2. The van der Waals surface area contributed by atoms with Gasteiger partial charge in [0.1, 0.15) is 5.69 Å². The quantitative estimate of drug-likeness (QED) is 0.775. The van der Waals surface area contributed by atoms with Crippen molar-refractivity contribution in [2.45, 2.75) is 33.6 Å². The summed E-state index contributed by atoms with van der Waals surface area (Å²) in [6, 6.07) is 0. The standard InChI is InChI=1S/C10H18N2O/c1-5-8-10(13)9(6-7(2)3)12(4)11-8/h7,13H,5-6H2,1-4H3. The lowest BCUT2D eigenvalue weighted by Gasteiger charge is -2.04. The van der Waals surface area contributed by atoms with E-state index in [1.54, 1.807) is 4.68 Å². The zero-order valence-electron chi connectivity index (χ0n) is 8.83. The second-order valence-electron chi connectivity index (χ2n) is 3.82. The summed E-state index contributed by atoms with van der Waals surface area (Å²) in [6.07, 6.45) is 1.67. The highest BCUT2D eigenvalue weighted by molar-refractivity contribution is 5.32. The molecule has 3 nitrogen and oxygen atoms in total. The molecular weight excluding hydrogens is 164 g/mol. The summed E-state index contributed by atoms with van der Waals surface area (Å²) in [5, 5.41) is 14.0. The Morgan fingerprint density at radius 1 is 1.46 bits per heavy atom. The van der Waals surface area contributed by atoms with Crippen molar-refractivity contribution in [3.8, 4) is 5.75 Å². The maximum Gasteiger partial charge on any atom is 0.160 e.